The first kappa shape index (κ1) is 21.2. The summed E-state index contributed by atoms with van der Waals surface area (Å²) < 4.78 is 28.8. The Balaban J connectivity index is 2.51. The number of hydrogen-bond acceptors (Lipinski definition) is 5. The maximum absolute atomic E-state index is 11.9. The van der Waals surface area contributed by atoms with Crippen LogP contribution in [0.5, 0.6) is 0 Å². The third kappa shape index (κ3) is 8.67. The topological polar surface area (TPSA) is 89.5 Å². The summed E-state index contributed by atoms with van der Waals surface area (Å²) in [6, 6.07) is 6.19. The standard InChI is InChI=1S/C18H27NO5S/c1-3-5-7-13-25(22,23)14-17(20)19-16-10-8-15(9-11-16)18(21)24-12-6-4-2/h8-11H,3-7,12-14H2,1-2H3,(H,19,20). The second kappa shape index (κ2) is 10.9. The van der Waals surface area contributed by atoms with Crippen LogP contribution in [0.3, 0.4) is 0 Å². The molecule has 0 fully saturated rings. The minimum Gasteiger partial charge on any atom is -0.462 e. The van der Waals surface area contributed by atoms with Crippen molar-refractivity contribution in [3.63, 3.8) is 0 Å². The van der Waals surface area contributed by atoms with Gasteiger partial charge < -0.3 is 10.1 Å². The first-order chi connectivity index (χ1) is 11.9. The molecule has 7 heteroatoms. The Morgan fingerprint density at radius 1 is 1.00 bits per heavy atom. The van der Waals surface area contributed by atoms with Crippen molar-refractivity contribution in [2.75, 3.05) is 23.4 Å². The lowest BCUT2D eigenvalue weighted by atomic mass is 10.2. The van der Waals surface area contributed by atoms with E-state index >= 15 is 0 Å². The molecule has 0 radical (unpaired) electrons. The summed E-state index contributed by atoms with van der Waals surface area (Å²) >= 11 is 0. The number of amides is 1. The molecule has 1 aromatic rings. The first-order valence-electron chi connectivity index (χ1n) is 8.65. The number of carbonyl (C=O) groups excluding carboxylic acids is 2. The van der Waals surface area contributed by atoms with Gasteiger partial charge in [-0.2, -0.15) is 0 Å². The molecule has 1 rings (SSSR count). The van der Waals surface area contributed by atoms with Gasteiger partial charge in [0.1, 0.15) is 5.75 Å². The summed E-state index contributed by atoms with van der Waals surface area (Å²) in [6.07, 6.45) is 4.08. The van der Waals surface area contributed by atoms with Crippen LogP contribution in [0.25, 0.3) is 0 Å². The highest BCUT2D eigenvalue weighted by atomic mass is 32.2. The molecule has 140 valence electrons. The third-order valence-corrected chi connectivity index (χ3v) is 5.16. The van der Waals surface area contributed by atoms with E-state index in [-0.39, 0.29) is 5.75 Å². The Labute approximate surface area is 149 Å². The van der Waals surface area contributed by atoms with Crippen molar-refractivity contribution in [3.05, 3.63) is 29.8 Å². The van der Waals surface area contributed by atoms with Crippen LogP contribution < -0.4 is 5.32 Å². The van der Waals surface area contributed by atoms with E-state index in [0.717, 1.165) is 25.7 Å². The molecule has 0 saturated heterocycles. The number of esters is 1. The number of carbonyl (C=O) groups is 2. The molecule has 0 aromatic heterocycles. The minimum atomic E-state index is -3.39. The van der Waals surface area contributed by atoms with E-state index in [0.29, 0.717) is 24.3 Å². The molecule has 0 bridgehead atoms. The normalized spacial score (nSPS) is 11.1. The van der Waals surface area contributed by atoms with Crippen LogP contribution in [0.4, 0.5) is 5.69 Å². The minimum absolute atomic E-state index is 0.0246. The van der Waals surface area contributed by atoms with E-state index in [9.17, 15) is 18.0 Å². The molecule has 0 unspecified atom stereocenters. The average molecular weight is 369 g/mol. The Hall–Kier alpha value is -1.89. The number of benzene rings is 1. The SMILES string of the molecule is CCCCCS(=O)(=O)CC(=O)Nc1ccc(C(=O)OCCCC)cc1. The lowest BCUT2D eigenvalue weighted by Gasteiger charge is -2.08. The molecule has 0 spiro atoms. The Morgan fingerprint density at radius 3 is 2.24 bits per heavy atom. The quantitative estimate of drug-likeness (QED) is 0.478. The second-order valence-corrected chi connectivity index (χ2v) is 8.10. The molecule has 0 saturated carbocycles. The fourth-order valence-electron chi connectivity index (χ4n) is 2.12. The smallest absolute Gasteiger partial charge is 0.338 e. The molecule has 0 aliphatic rings. The number of anilines is 1. The number of ether oxygens (including phenoxy) is 1. The highest BCUT2D eigenvalue weighted by Crippen LogP contribution is 2.11. The molecule has 0 aliphatic heterocycles. The van der Waals surface area contributed by atoms with Crippen molar-refractivity contribution < 1.29 is 22.7 Å². The van der Waals surface area contributed by atoms with Gasteiger partial charge in [-0.25, -0.2) is 13.2 Å². The molecule has 0 heterocycles. The number of hydrogen-bond donors (Lipinski definition) is 1. The van der Waals surface area contributed by atoms with Gasteiger partial charge in [-0.05, 0) is 37.1 Å². The molecule has 0 atom stereocenters. The zero-order valence-electron chi connectivity index (χ0n) is 14.9. The highest BCUT2D eigenvalue weighted by molar-refractivity contribution is 7.92. The first-order valence-corrected chi connectivity index (χ1v) is 10.5. The molecular weight excluding hydrogens is 342 g/mol. The van der Waals surface area contributed by atoms with E-state index < -0.39 is 27.5 Å². The van der Waals surface area contributed by atoms with Crippen LogP contribution in [0.1, 0.15) is 56.3 Å². The lowest BCUT2D eigenvalue weighted by molar-refractivity contribution is -0.113. The van der Waals surface area contributed by atoms with Crippen molar-refractivity contribution in [2.24, 2.45) is 0 Å². The predicted molar refractivity (Wildman–Crippen MR) is 98.4 cm³/mol. The van der Waals surface area contributed by atoms with Gasteiger partial charge in [0.25, 0.3) is 0 Å². The Morgan fingerprint density at radius 2 is 1.64 bits per heavy atom. The van der Waals surface area contributed by atoms with Crippen molar-refractivity contribution in [1.29, 1.82) is 0 Å². The van der Waals surface area contributed by atoms with Gasteiger partial charge in [0, 0.05) is 5.69 Å². The van der Waals surface area contributed by atoms with E-state index in [1.807, 2.05) is 13.8 Å². The summed E-state index contributed by atoms with van der Waals surface area (Å²) in [5.41, 5.74) is 0.833. The van der Waals surface area contributed by atoms with Crippen molar-refractivity contribution in [1.82, 2.24) is 0 Å². The van der Waals surface area contributed by atoms with Crippen LogP contribution in [-0.4, -0.2) is 38.4 Å². The summed E-state index contributed by atoms with van der Waals surface area (Å²) in [5, 5.41) is 2.54. The second-order valence-electron chi connectivity index (χ2n) is 5.91. The largest absolute Gasteiger partial charge is 0.462 e. The molecule has 0 aliphatic carbocycles. The third-order valence-electron chi connectivity index (χ3n) is 3.55. The molecular formula is C18H27NO5S. The summed E-state index contributed by atoms with van der Waals surface area (Å²) in [7, 11) is -3.39. The molecule has 25 heavy (non-hydrogen) atoms. The van der Waals surface area contributed by atoms with Crippen molar-refractivity contribution in [3.8, 4) is 0 Å². The van der Waals surface area contributed by atoms with Gasteiger partial charge >= 0.3 is 5.97 Å². The predicted octanol–water partition coefficient (Wildman–Crippen LogP) is 3.19. The van der Waals surface area contributed by atoms with Gasteiger partial charge in [0.05, 0.1) is 17.9 Å². The van der Waals surface area contributed by atoms with Crippen LogP contribution in [0, 0.1) is 0 Å². The highest BCUT2D eigenvalue weighted by Gasteiger charge is 2.16. The zero-order chi connectivity index (χ0) is 18.7. The summed E-state index contributed by atoms with van der Waals surface area (Å²) in [4.78, 5) is 23.6. The zero-order valence-corrected chi connectivity index (χ0v) is 15.7. The van der Waals surface area contributed by atoms with Gasteiger partial charge in [0.15, 0.2) is 9.84 Å². The van der Waals surface area contributed by atoms with E-state index in [1.165, 1.54) is 0 Å². The fourth-order valence-corrected chi connectivity index (χ4v) is 3.38. The van der Waals surface area contributed by atoms with Crippen LogP contribution in [-0.2, 0) is 19.4 Å². The summed E-state index contributed by atoms with van der Waals surface area (Å²) in [5.74, 6) is -1.49. The molecule has 1 amide bonds. The van der Waals surface area contributed by atoms with Crippen molar-refractivity contribution >= 4 is 27.4 Å². The van der Waals surface area contributed by atoms with Gasteiger partial charge in [-0.15, -0.1) is 0 Å². The van der Waals surface area contributed by atoms with Gasteiger partial charge in [-0.3, -0.25) is 4.79 Å². The van der Waals surface area contributed by atoms with Crippen molar-refractivity contribution in [2.45, 2.75) is 46.0 Å². The lowest BCUT2D eigenvalue weighted by Crippen LogP contribution is -2.24. The Kier molecular flexibility index (Phi) is 9.20. The van der Waals surface area contributed by atoms with Crippen LogP contribution in [0.2, 0.25) is 0 Å². The molecule has 1 aromatic carbocycles. The maximum atomic E-state index is 11.9. The van der Waals surface area contributed by atoms with Crippen LogP contribution >= 0.6 is 0 Å². The Bertz CT molecular complexity index is 653. The average Bonchev–Trinajstić information content (AvgIpc) is 2.55. The van der Waals surface area contributed by atoms with E-state index in [1.54, 1.807) is 24.3 Å². The maximum Gasteiger partial charge on any atom is 0.338 e. The van der Waals surface area contributed by atoms with E-state index in [4.69, 9.17) is 4.74 Å². The molecule has 6 nitrogen and oxygen atoms in total. The summed E-state index contributed by atoms with van der Waals surface area (Å²) in [6.45, 7) is 4.38. The molecule has 1 N–H and O–H groups in total. The monoisotopic (exact) mass is 369 g/mol. The number of nitrogens with one attached hydrogen (secondary N) is 1. The van der Waals surface area contributed by atoms with E-state index in [2.05, 4.69) is 5.32 Å². The van der Waals surface area contributed by atoms with Gasteiger partial charge in [-0.1, -0.05) is 33.1 Å². The number of sulfone groups is 1. The number of unbranched alkanes of at least 4 members (excludes halogenated alkanes) is 3. The number of rotatable bonds is 11. The van der Waals surface area contributed by atoms with Gasteiger partial charge in [0.2, 0.25) is 5.91 Å². The fraction of sp³-hybridized carbons (Fsp3) is 0.556. The van der Waals surface area contributed by atoms with Crippen LogP contribution in [0.15, 0.2) is 24.3 Å².